The van der Waals surface area contributed by atoms with Crippen molar-refractivity contribution in [3.63, 3.8) is 0 Å². The van der Waals surface area contributed by atoms with Crippen molar-refractivity contribution >= 4 is 6.08 Å². The van der Waals surface area contributed by atoms with E-state index < -0.39 is 11.5 Å². The summed E-state index contributed by atoms with van der Waals surface area (Å²) >= 11 is 0. The number of allylic oxidation sites excluding steroid dienone is 1. The largest absolute Gasteiger partial charge is 0.493 e. The molecule has 0 fully saturated rings. The smallest absolute Gasteiger partial charge is 0.387 e. The monoisotopic (exact) mass is 273 g/mol. The average molecular weight is 273 g/mol. The highest BCUT2D eigenvalue weighted by molar-refractivity contribution is 5.57. The highest BCUT2D eigenvalue weighted by Gasteiger charge is 2.12. The lowest BCUT2D eigenvalue weighted by Gasteiger charge is -2.10. The van der Waals surface area contributed by atoms with Gasteiger partial charge in [-0.15, -0.1) is 0 Å². The van der Waals surface area contributed by atoms with Crippen LogP contribution in [0.4, 0.5) is 8.78 Å². The number of benzene rings is 1. The third-order valence-electron chi connectivity index (χ3n) is 2.33. The molecule has 0 aromatic heterocycles. The van der Waals surface area contributed by atoms with Crippen molar-refractivity contribution in [3.05, 3.63) is 39.6 Å². The Morgan fingerprint density at radius 2 is 2.16 bits per heavy atom. The fourth-order valence-corrected chi connectivity index (χ4v) is 1.45. The van der Waals surface area contributed by atoms with Gasteiger partial charge in [0.05, 0.1) is 12.0 Å². The Bertz CT molecular complexity index is 489. The van der Waals surface area contributed by atoms with E-state index in [4.69, 9.17) is 4.74 Å². The van der Waals surface area contributed by atoms with Crippen LogP contribution in [0.25, 0.3) is 6.08 Å². The minimum absolute atomic E-state index is 0.0202. The Morgan fingerprint density at radius 3 is 2.63 bits per heavy atom. The molecule has 0 amide bonds. The topological polar surface area (TPSA) is 61.6 Å². The number of hydrogen-bond donors (Lipinski definition) is 0. The Balaban J connectivity index is 3.13. The molecule has 104 valence electrons. The number of ether oxygens (including phenoxy) is 2. The average Bonchev–Trinajstić information content (AvgIpc) is 2.35. The van der Waals surface area contributed by atoms with Gasteiger partial charge in [0.1, 0.15) is 0 Å². The van der Waals surface area contributed by atoms with Crippen LogP contribution < -0.4 is 9.47 Å². The number of methoxy groups -OCH3 is 1. The Kier molecular flexibility index (Phi) is 5.23. The Morgan fingerprint density at radius 1 is 1.47 bits per heavy atom. The van der Waals surface area contributed by atoms with Gasteiger partial charge >= 0.3 is 6.61 Å². The zero-order chi connectivity index (χ0) is 14.4. The van der Waals surface area contributed by atoms with Gasteiger partial charge in [0.25, 0.3) is 0 Å². The molecular formula is C12H13F2NO4. The van der Waals surface area contributed by atoms with Crippen LogP contribution in [0.3, 0.4) is 0 Å². The van der Waals surface area contributed by atoms with E-state index in [0.717, 1.165) is 0 Å². The van der Waals surface area contributed by atoms with Crippen molar-refractivity contribution in [2.24, 2.45) is 0 Å². The number of nitrogens with zero attached hydrogens (tertiary/aromatic N) is 1. The standard InChI is InChI=1S/C12H13F2NO4/c1-3-9(15(16)17)6-8-4-5-10(18-2)11(7-8)19-12(13)14/h4-7,12H,3H2,1-2H3/b9-6+. The van der Waals surface area contributed by atoms with E-state index in [2.05, 4.69) is 4.74 Å². The second kappa shape index (κ2) is 6.67. The molecule has 19 heavy (non-hydrogen) atoms. The summed E-state index contributed by atoms with van der Waals surface area (Å²) in [5.41, 5.74) is 0.373. The van der Waals surface area contributed by atoms with E-state index >= 15 is 0 Å². The Labute approximate surface area is 108 Å². The van der Waals surface area contributed by atoms with E-state index in [1.54, 1.807) is 6.92 Å². The second-order valence-electron chi connectivity index (χ2n) is 3.54. The van der Waals surface area contributed by atoms with Gasteiger partial charge in [-0.25, -0.2) is 0 Å². The van der Waals surface area contributed by atoms with Crippen LogP contribution in [-0.2, 0) is 0 Å². The molecule has 0 heterocycles. The van der Waals surface area contributed by atoms with Crippen LogP contribution in [-0.4, -0.2) is 18.6 Å². The molecule has 1 rings (SSSR count). The van der Waals surface area contributed by atoms with E-state index in [1.807, 2.05) is 0 Å². The summed E-state index contributed by atoms with van der Waals surface area (Å²) in [5.74, 6) is -0.0262. The first kappa shape index (κ1) is 14.9. The minimum atomic E-state index is -2.99. The van der Waals surface area contributed by atoms with Crippen LogP contribution in [0.5, 0.6) is 11.5 Å². The van der Waals surface area contributed by atoms with Gasteiger partial charge in [0.2, 0.25) is 5.70 Å². The maximum Gasteiger partial charge on any atom is 0.387 e. The zero-order valence-corrected chi connectivity index (χ0v) is 10.4. The van der Waals surface area contributed by atoms with E-state index in [1.165, 1.54) is 31.4 Å². The maximum atomic E-state index is 12.2. The molecule has 7 heteroatoms. The number of nitro groups is 1. The zero-order valence-electron chi connectivity index (χ0n) is 10.4. The Hall–Kier alpha value is -2.18. The fraction of sp³-hybridized carbons (Fsp3) is 0.333. The van der Waals surface area contributed by atoms with Gasteiger partial charge in [0, 0.05) is 12.5 Å². The number of halogens is 2. The summed E-state index contributed by atoms with van der Waals surface area (Å²) in [6.45, 7) is -1.36. The van der Waals surface area contributed by atoms with Crippen LogP contribution in [0.1, 0.15) is 18.9 Å². The maximum absolute atomic E-state index is 12.2. The molecule has 0 saturated heterocycles. The van der Waals surface area contributed by atoms with Crippen LogP contribution in [0.15, 0.2) is 23.9 Å². The van der Waals surface area contributed by atoms with Crippen molar-refractivity contribution in [1.82, 2.24) is 0 Å². The lowest BCUT2D eigenvalue weighted by Crippen LogP contribution is -2.04. The van der Waals surface area contributed by atoms with Crippen molar-refractivity contribution < 1.29 is 23.2 Å². The van der Waals surface area contributed by atoms with Gasteiger partial charge in [-0.1, -0.05) is 13.0 Å². The van der Waals surface area contributed by atoms with Gasteiger partial charge in [-0.05, 0) is 17.7 Å². The van der Waals surface area contributed by atoms with E-state index in [9.17, 15) is 18.9 Å². The molecule has 1 aromatic carbocycles. The SMILES string of the molecule is CC/C(=C\c1ccc(OC)c(OC(F)F)c1)[N+](=O)[O-]. The molecule has 5 nitrogen and oxygen atoms in total. The molecule has 0 N–H and O–H groups in total. The third kappa shape index (κ3) is 4.20. The summed E-state index contributed by atoms with van der Waals surface area (Å²) in [4.78, 5) is 10.2. The highest BCUT2D eigenvalue weighted by Crippen LogP contribution is 2.30. The molecule has 0 aliphatic heterocycles. The lowest BCUT2D eigenvalue weighted by molar-refractivity contribution is -0.425. The first-order valence-electron chi connectivity index (χ1n) is 5.45. The highest BCUT2D eigenvalue weighted by atomic mass is 19.3. The third-order valence-corrected chi connectivity index (χ3v) is 2.33. The molecule has 0 aliphatic carbocycles. The molecule has 0 spiro atoms. The molecule has 0 bridgehead atoms. The fourth-order valence-electron chi connectivity index (χ4n) is 1.45. The molecule has 0 atom stereocenters. The number of rotatable bonds is 6. The predicted octanol–water partition coefficient (Wildman–Crippen LogP) is 3.32. The molecule has 0 saturated carbocycles. The normalized spacial score (nSPS) is 11.5. The van der Waals surface area contributed by atoms with Crippen LogP contribution in [0.2, 0.25) is 0 Å². The summed E-state index contributed by atoms with van der Waals surface area (Å²) in [6.07, 6.45) is 1.53. The predicted molar refractivity (Wildman–Crippen MR) is 64.9 cm³/mol. The van der Waals surface area contributed by atoms with Gasteiger partial charge in [-0.3, -0.25) is 10.1 Å². The molecular weight excluding hydrogens is 260 g/mol. The van der Waals surface area contributed by atoms with Crippen molar-refractivity contribution in [2.75, 3.05) is 7.11 Å². The first-order valence-corrected chi connectivity index (χ1v) is 5.45. The molecule has 0 radical (unpaired) electrons. The lowest BCUT2D eigenvalue weighted by atomic mass is 10.1. The second-order valence-corrected chi connectivity index (χ2v) is 3.54. The molecule has 1 aromatic rings. The summed E-state index contributed by atoms with van der Waals surface area (Å²) in [7, 11) is 1.32. The quantitative estimate of drug-likeness (QED) is 0.589. The summed E-state index contributed by atoms with van der Waals surface area (Å²) < 4.78 is 33.6. The van der Waals surface area contributed by atoms with E-state index in [-0.39, 0.29) is 23.6 Å². The van der Waals surface area contributed by atoms with Gasteiger partial charge in [-0.2, -0.15) is 8.78 Å². The van der Waals surface area contributed by atoms with Crippen molar-refractivity contribution in [3.8, 4) is 11.5 Å². The molecule has 0 unspecified atom stereocenters. The van der Waals surface area contributed by atoms with Crippen LogP contribution >= 0.6 is 0 Å². The van der Waals surface area contributed by atoms with Crippen molar-refractivity contribution in [1.29, 1.82) is 0 Å². The van der Waals surface area contributed by atoms with Gasteiger partial charge in [0.15, 0.2) is 11.5 Å². The van der Waals surface area contributed by atoms with E-state index in [0.29, 0.717) is 5.56 Å². The van der Waals surface area contributed by atoms with Crippen LogP contribution in [0, 0.1) is 10.1 Å². The number of alkyl halides is 2. The van der Waals surface area contributed by atoms with Crippen molar-refractivity contribution in [2.45, 2.75) is 20.0 Å². The summed E-state index contributed by atoms with van der Waals surface area (Å²) in [5, 5.41) is 10.7. The minimum Gasteiger partial charge on any atom is -0.493 e. The molecule has 0 aliphatic rings. The first-order chi connectivity index (χ1) is 8.97. The summed E-state index contributed by atoms with van der Waals surface area (Å²) in [6, 6.07) is 4.21. The van der Waals surface area contributed by atoms with Gasteiger partial charge < -0.3 is 9.47 Å². The number of hydrogen-bond acceptors (Lipinski definition) is 4.